The number of hydrogen-bond acceptors (Lipinski definition) is 6. The molecule has 118 valence electrons. The fourth-order valence-corrected chi connectivity index (χ4v) is 2.67. The summed E-state index contributed by atoms with van der Waals surface area (Å²) in [7, 11) is 1.64. The summed E-state index contributed by atoms with van der Waals surface area (Å²) in [5.74, 6) is 2.42. The highest BCUT2D eigenvalue weighted by atomic mass is 32.2. The Hall–Kier alpha value is -2.54. The van der Waals surface area contributed by atoms with Crippen molar-refractivity contribution < 1.29 is 9.47 Å². The average molecular weight is 328 g/mol. The van der Waals surface area contributed by atoms with Crippen molar-refractivity contribution in [2.45, 2.75) is 5.16 Å². The molecule has 0 saturated heterocycles. The molecule has 0 aliphatic carbocycles. The molecule has 0 atom stereocenters. The lowest BCUT2D eigenvalue weighted by molar-refractivity contribution is 0.344. The van der Waals surface area contributed by atoms with Gasteiger partial charge in [-0.3, -0.25) is 0 Å². The van der Waals surface area contributed by atoms with E-state index in [2.05, 4.69) is 15.5 Å². The van der Waals surface area contributed by atoms with E-state index >= 15 is 0 Å². The van der Waals surface area contributed by atoms with E-state index in [9.17, 15) is 0 Å². The average Bonchev–Trinajstić information content (AvgIpc) is 3.08. The molecule has 1 aromatic heterocycles. The summed E-state index contributed by atoms with van der Waals surface area (Å²) in [5.41, 5.74) is 0.891. The zero-order chi connectivity index (χ0) is 15.9. The highest BCUT2D eigenvalue weighted by Crippen LogP contribution is 2.20. The number of tetrazole rings is 1. The number of para-hydroxylation sites is 1. The summed E-state index contributed by atoms with van der Waals surface area (Å²) >= 11 is 1.55. The molecule has 3 rings (SSSR count). The Morgan fingerprint density at radius 1 is 1.00 bits per heavy atom. The van der Waals surface area contributed by atoms with Crippen LogP contribution in [0, 0.1) is 0 Å². The molecule has 3 aromatic rings. The lowest BCUT2D eigenvalue weighted by Crippen LogP contribution is -2.03. The highest BCUT2D eigenvalue weighted by molar-refractivity contribution is 7.99. The number of nitrogens with zero attached hydrogens (tertiary/aromatic N) is 4. The van der Waals surface area contributed by atoms with Gasteiger partial charge < -0.3 is 9.47 Å². The van der Waals surface area contributed by atoms with E-state index in [4.69, 9.17) is 9.47 Å². The summed E-state index contributed by atoms with van der Waals surface area (Å²) < 4.78 is 12.5. The smallest absolute Gasteiger partial charge is 0.214 e. The molecular weight excluding hydrogens is 312 g/mol. The Morgan fingerprint density at radius 2 is 1.78 bits per heavy atom. The molecule has 2 aromatic carbocycles. The summed E-state index contributed by atoms with van der Waals surface area (Å²) in [6.45, 7) is 0.587. The van der Waals surface area contributed by atoms with Crippen LogP contribution in [0.2, 0.25) is 0 Å². The summed E-state index contributed by atoms with van der Waals surface area (Å²) in [6, 6.07) is 17.3. The van der Waals surface area contributed by atoms with Gasteiger partial charge in [0.1, 0.15) is 11.5 Å². The second-order valence-corrected chi connectivity index (χ2v) is 5.64. The van der Waals surface area contributed by atoms with Crippen molar-refractivity contribution in [1.82, 2.24) is 20.2 Å². The van der Waals surface area contributed by atoms with Crippen molar-refractivity contribution in [3.8, 4) is 17.2 Å². The van der Waals surface area contributed by atoms with Crippen molar-refractivity contribution in [2.24, 2.45) is 0 Å². The first-order valence-electron chi connectivity index (χ1n) is 7.10. The fourth-order valence-electron chi connectivity index (χ4n) is 1.96. The molecule has 0 N–H and O–H groups in total. The first-order valence-corrected chi connectivity index (χ1v) is 8.09. The maximum absolute atomic E-state index is 5.66. The van der Waals surface area contributed by atoms with Gasteiger partial charge in [-0.25, -0.2) is 0 Å². The van der Waals surface area contributed by atoms with Crippen LogP contribution in [-0.4, -0.2) is 39.7 Å². The number of methoxy groups -OCH3 is 1. The number of hydrogen-bond donors (Lipinski definition) is 0. The minimum Gasteiger partial charge on any atom is -0.497 e. The van der Waals surface area contributed by atoms with Gasteiger partial charge in [0, 0.05) is 5.75 Å². The third-order valence-corrected chi connectivity index (χ3v) is 3.97. The molecule has 0 spiro atoms. The van der Waals surface area contributed by atoms with Gasteiger partial charge in [0.15, 0.2) is 0 Å². The Balaban J connectivity index is 1.57. The second kappa shape index (κ2) is 7.64. The summed E-state index contributed by atoms with van der Waals surface area (Å²) in [6.07, 6.45) is 0. The Kier molecular flexibility index (Phi) is 5.10. The van der Waals surface area contributed by atoms with E-state index in [1.807, 2.05) is 54.6 Å². The summed E-state index contributed by atoms with van der Waals surface area (Å²) in [4.78, 5) is 0. The number of ether oxygens (including phenoxy) is 2. The Morgan fingerprint density at radius 3 is 2.52 bits per heavy atom. The maximum Gasteiger partial charge on any atom is 0.214 e. The zero-order valence-corrected chi connectivity index (χ0v) is 13.4. The number of rotatable bonds is 7. The van der Waals surface area contributed by atoms with E-state index in [-0.39, 0.29) is 0 Å². The molecule has 0 fully saturated rings. The topological polar surface area (TPSA) is 62.1 Å². The second-order valence-electron chi connectivity index (χ2n) is 4.58. The molecule has 0 aliphatic heterocycles. The largest absolute Gasteiger partial charge is 0.497 e. The summed E-state index contributed by atoms with van der Waals surface area (Å²) in [5, 5.41) is 12.6. The Labute approximate surface area is 138 Å². The van der Waals surface area contributed by atoms with E-state index < -0.39 is 0 Å². The Bertz CT molecular complexity index is 731. The maximum atomic E-state index is 5.66. The van der Waals surface area contributed by atoms with Gasteiger partial charge in [0.25, 0.3) is 0 Å². The van der Waals surface area contributed by atoms with Crippen molar-refractivity contribution in [3.63, 3.8) is 0 Å². The number of aromatic nitrogens is 4. The molecule has 0 radical (unpaired) electrons. The van der Waals surface area contributed by atoms with Gasteiger partial charge in [-0.2, -0.15) is 4.68 Å². The van der Waals surface area contributed by atoms with Crippen LogP contribution in [0.15, 0.2) is 59.8 Å². The lowest BCUT2D eigenvalue weighted by Gasteiger charge is -2.07. The van der Waals surface area contributed by atoms with Gasteiger partial charge in [-0.05, 0) is 46.8 Å². The van der Waals surface area contributed by atoms with Crippen molar-refractivity contribution in [1.29, 1.82) is 0 Å². The predicted octanol–water partition coefficient (Wildman–Crippen LogP) is 2.84. The van der Waals surface area contributed by atoms with E-state index in [1.165, 1.54) is 0 Å². The van der Waals surface area contributed by atoms with Gasteiger partial charge in [-0.1, -0.05) is 30.0 Å². The van der Waals surface area contributed by atoms with Crippen LogP contribution >= 0.6 is 11.8 Å². The van der Waals surface area contributed by atoms with Crippen LogP contribution in [0.5, 0.6) is 11.5 Å². The van der Waals surface area contributed by atoms with Crippen LogP contribution in [0.1, 0.15) is 0 Å². The van der Waals surface area contributed by atoms with E-state index in [1.54, 1.807) is 23.6 Å². The first-order chi connectivity index (χ1) is 11.4. The predicted molar refractivity (Wildman–Crippen MR) is 88.4 cm³/mol. The molecule has 6 nitrogen and oxygen atoms in total. The van der Waals surface area contributed by atoms with E-state index in [0.29, 0.717) is 6.61 Å². The van der Waals surface area contributed by atoms with Crippen LogP contribution in [0.3, 0.4) is 0 Å². The van der Waals surface area contributed by atoms with Gasteiger partial charge in [0.2, 0.25) is 5.16 Å². The van der Waals surface area contributed by atoms with Crippen molar-refractivity contribution in [3.05, 3.63) is 54.6 Å². The normalized spacial score (nSPS) is 10.5. The van der Waals surface area contributed by atoms with Crippen LogP contribution in [-0.2, 0) is 0 Å². The molecule has 23 heavy (non-hydrogen) atoms. The monoisotopic (exact) mass is 328 g/mol. The molecule has 0 bridgehead atoms. The minimum atomic E-state index is 0.587. The SMILES string of the molecule is COc1ccc(-n2nnnc2SCCOc2ccccc2)cc1. The van der Waals surface area contributed by atoms with Crippen molar-refractivity contribution >= 4 is 11.8 Å². The molecule has 1 heterocycles. The van der Waals surface area contributed by atoms with Crippen LogP contribution < -0.4 is 9.47 Å². The zero-order valence-electron chi connectivity index (χ0n) is 12.6. The highest BCUT2D eigenvalue weighted by Gasteiger charge is 2.09. The molecule has 0 amide bonds. The molecule has 0 unspecified atom stereocenters. The number of benzene rings is 2. The standard InChI is InChI=1S/C16H16N4O2S/c1-21-14-9-7-13(8-10-14)20-16(17-18-19-20)23-12-11-22-15-5-3-2-4-6-15/h2-10H,11-12H2,1H3. The van der Waals surface area contributed by atoms with Gasteiger partial charge >= 0.3 is 0 Å². The molecular formula is C16H16N4O2S. The third kappa shape index (κ3) is 4.01. The van der Waals surface area contributed by atoms with E-state index in [0.717, 1.165) is 28.1 Å². The molecule has 7 heteroatoms. The first kappa shape index (κ1) is 15.4. The van der Waals surface area contributed by atoms with Gasteiger partial charge in [-0.15, -0.1) is 5.10 Å². The molecule has 0 aliphatic rings. The fraction of sp³-hybridized carbons (Fsp3) is 0.188. The third-order valence-electron chi connectivity index (χ3n) is 3.08. The quantitative estimate of drug-likeness (QED) is 0.491. The van der Waals surface area contributed by atoms with Crippen LogP contribution in [0.25, 0.3) is 5.69 Å². The van der Waals surface area contributed by atoms with Gasteiger partial charge in [0.05, 0.1) is 19.4 Å². The minimum absolute atomic E-state index is 0.587. The molecule has 0 saturated carbocycles. The number of thioether (sulfide) groups is 1. The lowest BCUT2D eigenvalue weighted by atomic mass is 10.3. The van der Waals surface area contributed by atoms with Crippen LogP contribution in [0.4, 0.5) is 0 Å². The van der Waals surface area contributed by atoms with Crippen molar-refractivity contribution in [2.75, 3.05) is 19.5 Å².